The molecule has 1 N–H and O–H groups in total. The summed E-state index contributed by atoms with van der Waals surface area (Å²) in [4.78, 5) is 11.2. The third-order valence-corrected chi connectivity index (χ3v) is 2.20. The second-order valence-corrected chi connectivity index (χ2v) is 3.40. The van der Waals surface area contributed by atoms with Gasteiger partial charge in [-0.3, -0.25) is 0 Å². The van der Waals surface area contributed by atoms with E-state index in [-0.39, 0.29) is 11.4 Å². The average Bonchev–Trinajstić information content (AvgIpc) is 2.73. The van der Waals surface area contributed by atoms with Crippen molar-refractivity contribution in [1.29, 1.82) is 0 Å². The zero-order chi connectivity index (χ0) is 12.3. The first-order valence-electron chi connectivity index (χ1n) is 4.91. The van der Waals surface area contributed by atoms with Gasteiger partial charge in [-0.15, -0.1) is 5.10 Å². The maximum Gasteiger partial charge on any atom is 0.339 e. The molecule has 0 bridgehead atoms. The maximum atomic E-state index is 11.2. The summed E-state index contributed by atoms with van der Waals surface area (Å²) in [5.41, 5.74) is 0.844. The van der Waals surface area contributed by atoms with Crippen LogP contribution in [-0.2, 0) is 11.8 Å². The monoisotopic (exact) mass is 230 g/mol. The van der Waals surface area contributed by atoms with E-state index in [9.17, 15) is 4.79 Å². The van der Waals surface area contributed by atoms with Crippen LogP contribution in [0.2, 0.25) is 0 Å². The van der Waals surface area contributed by atoms with E-state index in [1.54, 1.807) is 7.05 Å². The lowest BCUT2D eigenvalue weighted by molar-refractivity contribution is -0.130. The highest BCUT2D eigenvalue weighted by molar-refractivity contribution is 6.19. The van der Waals surface area contributed by atoms with Crippen molar-refractivity contribution >= 4 is 17.6 Å². The number of rotatable bonds is 3. The molecular weight excluding hydrogens is 220 g/mol. The molecule has 0 saturated heterocycles. The number of benzene rings is 1. The Morgan fingerprint density at radius 3 is 2.59 bits per heavy atom. The number of hydrogen-bond acceptors (Lipinski definition) is 4. The Bertz CT molecular complexity index is 560. The molecule has 6 heteroatoms. The van der Waals surface area contributed by atoms with E-state index in [2.05, 4.69) is 15.5 Å². The fourth-order valence-electron chi connectivity index (χ4n) is 1.40. The van der Waals surface area contributed by atoms with Crippen molar-refractivity contribution in [1.82, 2.24) is 20.2 Å². The van der Waals surface area contributed by atoms with E-state index < -0.39 is 5.97 Å². The van der Waals surface area contributed by atoms with Crippen LogP contribution in [0, 0.1) is 0 Å². The predicted molar refractivity (Wildman–Crippen MR) is 60.7 cm³/mol. The van der Waals surface area contributed by atoms with E-state index >= 15 is 0 Å². The Morgan fingerprint density at radius 1 is 1.35 bits per heavy atom. The molecule has 17 heavy (non-hydrogen) atoms. The van der Waals surface area contributed by atoms with Gasteiger partial charge in [0.2, 0.25) is 0 Å². The third kappa shape index (κ3) is 2.36. The minimum atomic E-state index is -1.06. The maximum absolute atomic E-state index is 11.2. The first-order valence-corrected chi connectivity index (χ1v) is 4.91. The number of hydrogen-bond donors (Lipinski definition) is 1. The zero-order valence-corrected chi connectivity index (χ0v) is 9.11. The quantitative estimate of drug-likeness (QED) is 0.790. The summed E-state index contributed by atoms with van der Waals surface area (Å²) in [6.07, 6.45) is 1.54. The predicted octanol–water partition coefficient (Wildman–Crippen LogP) is 0.835. The average molecular weight is 230 g/mol. The van der Waals surface area contributed by atoms with E-state index in [1.165, 1.54) is 10.8 Å². The lowest BCUT2D eigenvalue weighted by Gasteiger charge is -2.00. The normalized spacial score (nSPS) is 11.5. The van der Waals surface area contributed by atoms with Crippen LogP contribution in [-0.4, -0.2) is 31.3 Å². The highest BCUT2D eigenvalue weighted by Gasteiger charge is 2.16. The van der Waals surface area contributed by atoms with Gasteiger partial charge >= 0.3 is 5.97 Å². The molecule has 1 aromatic heterocycles. The summed E-state index contributed by atoms with van der Waals surface area (Å²) in [6.45, 7) is 0. The Labute approximate surface area is 97.2 Å². The van der Waals surface area contributed by atoms with Gasteiger partial charge in [-0.2, -0.15) is 0 Å². The molecule has 0 unspecified atom stereocenters. The fourth-order valence-corrected chi connectivity index (χ4v) is 1.40. The molecule has 0 aliphatic heterocycles. The van der Waals surface area contributed by atoms with Crippen molar-refractivity contribution in [3.05, 3.63) is 41.7 Å². The molecule has 1 aromatic carbocycles. The third-order valence-electron chi connectivity index (χ3n) is 2.20. The standard InChI is InChI=1S/C11H10N4O2/c1-15-10(12-13-14-15)9(11(16)17)7-8-5-3-2-4-6-8/h2-7H,1H3,(H,16,17). The number of aryl methyl sites for hydroxylation is 1. The smallest absolute Gasteiger partial charge is 0.339 e. The fraction of sp³-hybridized carbons (Fsp3) is 0.0909. The lowest BCUT2D eigenvalue weighted by atomic mass is 10.1. The van der Waals surface area contributed by atoms with Gasteiger partial charge < -0.3 is 5.11 Å². The zero-order valence-electron chi connectivity index (χ0n) is 9.11. The Balaban J connectivity index is 2.48. The molecule has 0 radical (unpaired) electrons. The number of carboxylic acid groups (broad SMARTS) is 1. The second-order valence-electron chi connectivity index (χ2n) is 3.40. The minimum absolute atomic E-state index is 0.0590. The highest BCUT2D eigenvalue weighted by Crippen LogP contribution is 2.15. The minimum Gasteiger partial charge on any atom is -0.478 e. The highest BCUT2D eigenvalue weighted by atomic mass is 16.4. The Kier molecular flexibility index (Phi) is 2.95. The van der Waals surface area contributed by atoms with Crippen LogP contribution in [0.4, 0.5) is 0 Å². The lowest BCUT2D eigenvalue weighted by Crippen LogP contribution is -2.06. The number of aromatic nitrogens is 4. The first-order chi connectivity index (χ1) is 8.18. The van der Waals surface area contributed by atoms with Crippen molar-refractivity contribution in [2.75, 3.05) is 0 Å². The molecule has 0 atom stereocenters. The summed E-state index contributed by atoms with van der Waals surface area (Å²) in [6, 6.07) is 9.15. The molecule has 0 amide bonds. The molecule has 6 nitrogen and oxygen atoms in total. The second kappa shape index (κ2) is 4.56. The number of carbonyl (C=O) groups is 1. The van der Waals surface area contributed by atoms with Gasteiger partial charge in [-0.25, -0.2) is 9.48 Å². The molecular formula is C11H10N4O2. The van der Waals surface area contributed by atoms with Crippen LogP contribution in [0.15, 0.2) is 30.3 Å². The Hall–Kier alpha value is -2.50. The van der Waals surface area contributed by atoms with Gasteiger partial charge in [0.25, 0.3) is 0 Å². The summed E-state index contributed by atoms with van der Waals surface area (Å²) >= 11 is 0. The molecule has 2 rings (SSSR count). The SMILES string of the molecule is Cn1nnnc1C(=Cc1ccccc1)C(=O)O. The molecule has 0 aliphatic rings. The van der Waals surface area contributed by atoms with Crippen LogP contribution < -0.4 is 0 Å². The van der Waals surface area contributed by atoms with Crippen LogP contribution in [0.25, 0.3) is 11.6 Å². The van der Waals surface area contributed by atoms with Gasteiger partial charge in [-0.05, 0) is 22.1 Å². The molecule has 0 fully saturated rings. The summed E-state index contributed by atoms with van der Waals surface area (Å²) in [7, 11) is 1.59. The number of aliphatic carboxylic acids is 1. The van der Waals surface area contributed by atoms with E-state index in [0.717, 1.165) is 5.56 Å². The largest absolute Gasteiger partial charge is 0.478 e. The first kappa shape index (κ1) is 11.0. The molecule has 1 heterocycles. The summed E-state index contributed by atoms with van der Waals surface area (Å²) in [5, 5.41) is 19.9. The number of tetrazole rings is 1. The molecule has 0 spiro atoms. The summed E-state index contributed by atoms with van der Waals surface area (Å²) < 4.78 is 1.32. The van der Waals surface area contributed by atoms with E-state index in [1.807, 2.05) is 30.3 Å². The van der Waals surface area contributed by atoms with Crippen molar-refractivity contribution in [2.24, 2.45) is 7.05 Å². The van der Waals surface area contributed by atoms with Crippen LogP contribution >= 0.6 is 0 Å². The van der Waals surface area contributed by atoms with Crippen molar-refractivity contribution < 1.29 is 9.90 Å². The molecule has 2 aromatic rings. The van der Waals surface area contributed by atoms with Crippen molar-refractivity contribution in [3.8, 4) is 0 Å². The van der Waals surface area contributed by atoms with Crippen LogP contribution in [0.3, 0.4) is 0 Å². The van der Waals surface area contributed by atoms with Crippen LogP contribution in [0.5, 0.6) is 0 Å². The van der Waals surface area contributed by atoms with E-state index in [0.29, 0.717) is 0 Å². The van der Waals surface area contributed by atoms with Crippen molar-refractivity contribution in [2.45, 2.75) is 0 Å². The van der Waals surface area contributed by atoms with Gasteiger partial charge in [0, 0.05) is 7.05 Å². The van der Waals surface area contributed by atoms with Gasteiger partial charge in [0.15, 0.2) is 5.82 Å². The van der Waals surface area contributed by atoms with Gasteiger partial charge in [0.05, 0.1) is 0 Å². The topological polar surface area (TPSA) is 80.9 Å². The van der Waals surface area contributed by atoms with Gasteiger partial charge in [0.1, 0.15) is 5.57 Å². The van der Waals surface area contributed by atoms with Crippen LogP contribution in [0.1, 0.15) is 11.4 Å². The molecule has 0 aliphatic carbocycles. The van der Waals surface area contributed by atoms with Gasteiger partial charge in [-0.1, -0.05) is 30.3 Å². The molecule has 0 saturated carbocycles. The number of carboxylic acids is 1. The van der Waals surface area contributed by atoms with E-state index in [4.69, 9.17) is 5.11 Å². The Morgan fingerprint density at radius 2 is 2.06 bits per heavy atom. The van der Waals surface area contributed by atoms with Crippen molar-refractivity contribution in [3.63, 3.8) is 0 Å². The molecule has 86 valence electrons. The number of nitrogens with zero attached hydrogens (tertiary/aromatic N) is 4. The summed E-state index contributed by atoms with van der Waals surface area (Å²) in [5.74, 6) is -0.840.